The molecule has 2 aliphatic rings. The molecule has 8 nitrogen and oxygen atoms in total. The van der Waals surface area contributed by atoms with Gasteiger partial charge in [-0.2, -0.15) is 0 Å². The fourth-order valence-corrected chi connectivity index (χ4v) is 6.81. The van der Waals surface area contributed by atoms with Crippen LogP contribution >= 0.6 is 12.2 Å². The summed E-state index contributed by atoms with van der Waals surface area (Å²) in [7, 11) is -2.00. The molecule has 3 aromatic rings. The average molecular weight is 540 g/mol. The maximum Gasteiger partial charge on any atom is 0.229 e. The summed E-state index contributed by atoms with van der Waals surface area (Å²) in [4.78, 5) is 6.73. The van der Waals surface area contributed by atoms with Gasteiger partial charge >= 0.3 is 0 Å². The van der Waals surface area contributed by atoms with Gasteiger partial charge in [-0.1, -0.05) is 18.9 Å². The van der Waals surface area contributed by atoms with Crippen LogP contribution in [-0.4, -0.2) is 36.4 Å². The Morgan fingerprint density at radius 1 is 1.14 bits per heavy atom. The second-order valence-corrected chi connectivity index (χ2v) is 12.0. The minimum Gasteiger partial charge on any atom is -0.495 e. The molecule has 0 radical (unpaired) electrons. The molecule has 0 amide bonds. The molecule has 1 saturated carbocycles. The summed E-state index contributed by atoms with van der Waals surface area (Å²) in [5.41, 5.74) is 5.67. The lowest BCUT2D eigenvalue weighted by atomic mass is 9.96. The van der Waals surface area contributed by atoms with Crippen LogP contribution < -0.4 is 19.7 Å². The predicted octanol–water partition coefficient (Wildman–Crippen LogP) is 5.17. The van der Waals surface area contributed by atoms with E-state index >= 15 is 0 Å². The Morgan fingerprint density at radius 3 is 2.54 bits per heavy atom. The summed E-state index contributed by atoms with van der Waals surface area (Å²) in [6.45, 7) is 4.37. The average Bonchev–Trinajstić information content (AvgIpc) is 3.56. The molecule has 2 fully saturated rings. The van der Waals surface area contributed by atoms with E-state index in [1.54, 1.807) is 18.3 Å². The van der Waals surface area contributed by atoms with Crippen LogP contribution in [0.1, 0.15) is 66.5 Å². The van der Waals surface area contributed by atoms with Crippen molar-refractivity contribution in [2.75, 3.05) is 23.0 Å². The number of rotatable bonds is 7. The van der Waals surface area contributed by atoms with Gasteiger partial charge in [-0.3, -0.25) is 9.71 Å². The number of anilines is 2. The van der Waals surface area contributed by atoms with Crippen LogP contribution in [0, 0.1) is 13.8 Å². The molecule has 1 saturated heterocycles. The second-order valence-electron chi connectivity index (χ2n) is 9.89. The van der Waals surface area contributed by atoms with Crippen LogP contribution in [0.15, 0.2) is 48.7 Å². The molecule has 196 valence electrons. The lowest BCUT2D eigenvalue weighted by Crippen LogP contribution is -2.29. The van der Waals surface area contributed by atoms with E-state index in [4.69, 9.17) is 17.0 Å². The van der Waals surface area contributed by atoms with Crippen LogP contribution in [0.25, 0.3) is 0 Å². The van der Waals surface area contributed by atoms with Crippen molar-refractivity contribution in [2.45, 2.75) is 57.7 Å². The molecule has 0 unspecified atom stereocenters. The molecule has 0 spiro atoms. The van der Waals surface area contributed by atoms with E-state index in [9.17, 15) is 8.42 Å². The van der Waals surface area contributed by atoms with Gasteiger partial charge in [0.1, 0.15) is 5.75 Å². The topological polar surface area (TPSA) is 88.5 Å². The number of nitrogens with one attached hydrogen (secondary N) is 2. The quantitative estimate of drug-likeness (QED) is 0.400. The third kappa shape index (κ3) is 4.92. The third-order valence-corrected chi connectivity index (χ3v) is 8.29. The number of aryl methyl sites for hydroxylation is 1. The molecule has 37 heavy (non-hydrogen) atoms. The van der Waals surface area contributed by atoms with Crippen molar-refractivity contribution in [3.05, 3.63) is 71.3 Å². The maximum atomic E-state index is 12.1. The van der Waals surface area contributed by atoms with Gasteiger partial charge in [0.05, 0.1) is 36.8 Å². The Bertz CT molecular complexity index is 1420. The fourth-order valence-electron chi connectivity index (χ4n) is 5.90. The lowest BCUT2D eigenvalue weighted by Gasteiger charge is -2.29. The highest BCUT2D eigenvalue weighted by Crippen LogP contribution is 2.46. The Kier molecular flexibility index (Phi) is 6.89. The highest BCUT2D eigenvalue weighted by molar-refractivity contribution is 7.92. The van der Waals surface area contributed by atoms with E-state index in [0.29, 0.717) is 22.6 Å². The molecule has 1 aliphatic carbocycles. The van der Waals surface area contributed by atoms with Gasteiger partial charge in [0.2, 0.25) is 10.0 Å². The summed E-state index contributed by atoms with van der Waals surface area (Å²) in [5, 5.41) is 4.06. The van der Waals surface area contributed by atoms with E-state index < -0.39 is 10.0 Å². The fraction of sp³-hybridized carbons (Fsp3) is 0.407. The van der Waals surface area contributed by atoms with Crippen LogP contribution in [0.5, 0.6) is 5.75 Å². The molecule has 2 aromatic heterocycles. The van der Waals surface area contributed by atoms with E-state index in [-0.39, 0.29) is 12.1 Å². The number of aromatic nitrogens is 2. The maximum absolute atomic E-state index is 12.1. The smallest absolute Gasteiger partial charge is 0.229 e. The monoisotopic (exact) mass is 539 g/mol. The van der Waals surface area contributed by atoms with Crippen molar-refractivity contribution in [1.29, 1.82) is 0 Å². The van der Waals surface area contributed by atoms with Gasteiger partial charge in [0.25, 0.3) is 0 Å². The van der Waals surface area contributed by atoms with Crippen molar-refractivity contribution >= 4 is 38.7 Å². The molecule has 3 heterocycles. The number of benzene rings is 1. The number of hydrogen-bond acceptors (Lipinski definition) is 5. The van der Waals surface area contributed by atoms with Crippen molar-refractivity contribution in [3.63, 3.8) is 0 Å². The van der Waals surface area contributed by atoms with Crippen molar-refractivity contribution in [1.82, 2.24) is 14.9 Å². The van der Waals surface area contributed by atoms with Gasteiger partial charge in [0, 0.05) is 29.3 Å². The Balaban J connectivity index is 1.65. The van der Waals surface area contributed by atoms with Crippen LogP contribution in [0.2, 0.25) is 0 Å². The molecule has 2 atom stereocenters. The third-order valence-electron chi connectivity index (χ3n) is 7.39. The van der Waals surface area contributed by atoms with Crippen LogP contribution in [0.4, 0.5) is 11.4 Å². The minimum atomic E-state index is -3.51. The first-order chi connectivity index (χ1) is 17.7. The van der Waals surface area contributed by atoms with E-state index in [1.807, 2.05) is 24.3 Å². The van der Waals surface area contributed by atoms with E-state index in [2.05, 4.69) is 44.4 Å². The molecule has 5 rings (SSSR count). The summed E-state index contributed by atoms with van der Waals surface area (Å²) in [6, 6.07) is 13.8. The largest absolute Gasteiger partial charge is 0.495 e. The van der Waals surface area contributed by atoms with Gasteiger partial charge in [-0.25, -0.2) is 8.42 Å². The summed E-state index contributed by atoms with van der Waals surface area (Å²) in [6.07, 6.45) is 7.84. The standard InChI is InChI=1S/C27H33N5O3S2/c1-17-15-21(18(2)31(17)19-9-5-6-10-19)26-25(22-11-7-8-14-28-22)29-27(36)32(26)20-12-13-24(35-3)23(16-20)30-37(4,33)34/h7-8,11-16,19,25-26,30H,5-6,9-10H2,1-4H3,(H,29,36)/t25-,26-/m0/s1. The Hall–Kier alpha value is -3.11. The number of methoxy groups -OCH3 is 1. The second kappa shape index (κ2) is 9.98. The Morgan fingerprint density at radius 2 is 1.89 bits per heavy atom. The highest BCUT2D eigenvalue weighted by Gasteiger charge is 2.42. The summed E-state index contributed by atoms with van der Waals surface area (Å²) in [5.74, 6) is 0.435. The van der Waals surface area contributed by atoms with Gasteiger partial charge in [-0.05, 0) is 80.9 Å². The minimum absolute atomic E-state index is 0.178. The van der Waals surface area contributed by atoms with E-state index in [1.165, 1.54) is 49.7 Å². The zero-order valence-corrected chi connectivity index (χ0v) is 23.2. The number of pyridine rings is 1. The lowest BCUT2D eigenvalue weighted by molar-refractivity contribution is 0.417. The Labute approximate surface area is 224 Å². The first-order valence-corrected chi connectivity index (χ1v) is 14.8. The van der Waals surface area contributed by atoms with Gasteiger partial charge in [-0.15, -0.1) is 0 Å². The molecule has 2 N–H and O–H groups in total. The molecule has 10 heteroatoms. The zero-order valence-electron chi connectivity index (χ0n) is 21.6. The highest BCUT2D eigenvalue weighted by atomic mass is 32.2. The predicted molar refractivity (Wildman–Crippen MR) is 151 cm³/mol. The van der Waals surface area contributed by atoms with Crippen LogP contribution in [0.3, 0.4) is 0 Å². The number of ether oxygens (including phenoxy) is 1. The number of hydrogen-bond donors (Lipinski definition) is 2. The first kappa shape index (κ1) is 25.5. The number of thiocarbonyl (C=S) groups is 1. The van der Waals surface area contributed by atoms with Crippen molar-refractivity contribution < 1.29 is 13.2 Å². The molecular formula is C27H33N5O3S2. The molecular weight excluding hydrogens is 506 g/mol. The summed E-state index contributed by atoms with van der Waals surface area (Å²) >= 11 is 5.89. The van der Waals surface area contributed by atoms with Crippen molar-refractivity contribution in [2.24, 2.45) is 0 Å². The number of sulfonamides is 1. The van der Waals surface area contributed by atoms with Crippen molar-refractivity contribution in [3.8, 4) is 5.75 Å². The summed E-state index contributed by atoms with van der Waals surface area (Å²) < 4.78 is 34.6. The molecule has 0 bridgehead atoms. The van der Waals surface area contributed by atoms with Gasteiger partial charge < -0.3 is 19.5 Å². The van der Waals surface area contributed by atoms with E-state index in [0.717, 1.165) is 17.6 Å². The number of nitrogens with zero attached hydrogens (tertiary/aromatic N) is 3. The zero-order chi connectivity index (χ0) is 26.3. The normalized spacial score (nSPS) is 20.3. The van der Waals surface area contributed by atoms with Crippen LogP contribution in [-0.2, 0) is 10.0 Å². The first-order valence-electron chi connectivity index (χ1n) is 12.5. The van der Waals surface area contributed by atoms with Gasteiger partial charge in [0.15, 0.2) is 5.11 Å². The molecule has 1 aromatic carbocycles. The SMILES string of the molecule is COc1ccc(N2C(=S)N[C@@H](c3ccccn3)[C@@H]2c2cc(C)n(C3CCCC3)c2C)cc1NS(C)(=O)=O. The molecule has 1 aliphatic heterocycles.